The van der Waals surface area contributed by atoms with Crippen LogP contribution in [-0.2, 0) is 6.54 Å². The van der Waals surface area contributed by atoms with E-state index in [-0.39, 0.29) is 5.12 Å². The van der Waals surface area contributed by atoms with Crippen LogP contribution in [0.15, 0.2) is 18.2 Å². The van der Waals surface area contributed by atoms with Crippen LogP contribution in [0.2, 0.25) is 5.02 Å². The maximum Gasteiger partial charge on any atom is 0.223 e. The molecule has 1 aromatic carbocycles. The molecule has 0 bridgehead atoms. The fourth-order valence-electron chi connectivity index (χ4n) is 1.16. The fourth-order valence-corrected chi connectivity index (χ4v) is 1.39. The van der Waals surface area contributed by atoms with Gasteiger partial charge in [0.1, 0.15) is 0 Å². The average Bonchev–Trinajstić information content (AvgIpc) is 2.15. The Morgan fingerprint density at radius 1 is 1.31 bits per heavy atom. The zero-order valence-electron chi connectivity index (χ0n) is 8.29. The van der Waals surface area contributed by atoms with E-state index >= 15 is 0 Å². The third kappa shape index (κ3) is 2.80. The van der Waals surface area contributed by atoms with Crippen LogP contribution in [0.5, 0.6) is 0 Å². The molecule has 86 valence electrons. The third-order valence-electron chi connectivity index (χ3n) is 1.99. The van der Waals surface area contributed by atoms with Gasteiger partial charge in [0.25, 0.3) is 0 Å². The summed E-state index contributed by atoms with van der Waals surface area (Å²) in [7, 11) is 0. The molecule has 0 saturated heterocycles. The van der Waals surface area contributed by atoms with Gasteiger partial charge in [-0.1, -0.05) is 17.7 Å². The van der Waals surface area contributed by atoms with Gasteiger partial charge in [-0.05, 0) is 30.2 Å². The van der Waals surface area contributed by atoms with Crippen LogP contribution in [0, 0.1) is 27.2 Å². The molecule has 1 aromatic rings. The first-order valence-electron chi connectivity index (χ1n) is 4.23. The Morgan fingerprint density at radius 2 is 1.88 bits per heavy atom. The number of rotatable bonds is 4. The van der Waals surface area contributed by atoms with E-state index in [1.807, 2.05) is 0 Å². The molecule has 0 radical (unpaired) electrons. The number of aryl methyl sites for hydroxylation is 1. The van der Waals surface area contributed by atoms with Crippen LogP contribution in [0.3, 0.4) is 0 Å². The monoisotopic (exact) mass is 245 g/mol. The highest BCUT2D eigenvalue weighted by Crippen LogP contribution is 2.16. The SMILES string of the molecule is Cc1cc(Cl)ccc1CN([N+](=O)[O-])[N+](=O)[O-]. The first-order valence-corrected chi connectivity index (χ1v) is 4.61. The van der Waals surface area contributed by atoms with E-state index in [2.05, 4.69) is 0 Å². The van der Waals surface area contributed by atoms with Crippen molar-refractivity contribution < 1.29 is 10.1 Å². The lowest BCUT2D eigenvalue weighted by Gasteiger charge is -2.06. The number of hydrazine groups is 2. The van der Waals surface area contributed by atoms with E-state index in [1.54, 1.807) is 13.0 Å². The van der Waals surface area contributed by atoms with Crippen molar-refractivity contribution in [3.05, 3.63) is 54.6 Å². The van der Waals surface area contributed by atoms with Gasteiger partial charge in [-0.15, -0.1) is 0 Å². The molecule has 1 rings (SSSR count). The summed E-state index contributed by atoms with van der Waals surface area (Å²) in [5, 5.41) is 19.1. The Balaban J connectivity index is 2.94. The number of nitrogens with zero attached hydrogens (tertiary/aromatic N) is 3. The predicted octanol–water partition coefficient (Wildman–Crippen LogP) is 1.83. The van der Waals surface area contributed by atoms with Crippen molar-refractivity contribution in [1.29, 1.82) is 0 Å². The van der Waals surface area contributed by atoms with Crippen molar-refractivity contribution in [3.63, 3.8) is 0 Å². The van der Waals surface area contributed by atoms with Crippen LogP contribution in [0.4, 0.5) is 0 Å². The highest BCUT2D eigenvalue weighted by atomic mass is 35.5. The number of halogens is 1. The second-order valence-electron chi connectivity index (χ2n) is 3.08. The number of hydrogen-bond acceptors (Lipinski definition) is 4. The molecule has 8 heteroatoms. The zero-order chi connectivity index (χ0) is 12.3. The maximum atomic E-state index is 10.4. The number of hydrogen-bond donors (Lipinski definition) is 0. The highest BCUT2D eigenvalue weighted by Gasteiger charge is 2.27. The lowest BCUT2D eigenvalue weighted by molar-refractivity contribution is -0.911. The van der Waals surface area contributed by atoms with E-state index in [0.29, 0.717) is 16.1 Å². The zero-order valence-corrected chi connectivity index (χ0v) is 9.05. The minimum atomic E-state index is -1.06. The minimum Gasteiger partial charge on any atom is -0.230 e. The van der Waals surface area contributed by atoms with Crippen LogP contribution in [-0.4, -0.2) is 15.2 Å². The van der Waals surface area contributed by atoms with Crippen molar-refractivity contribution in [2.24, 2.45) is 0 Å². The second-order valence-corrected chi connectivity index (χ2v) is 3.51. The molecular weight excluding hydrogens is 238 g/mol. The van der Waals surface area contributed by atoms with E-state index in [0.717, 1.165) is 0 Å². The van der Waals surface area contributed by atoms with Crippen molar-refractivity contribution in [3.8, 4) is 0 Å². The lowest BCUT2D eigenvalue weighted by Crippen LogP contribution is -2.35. The number of nitro groups is 2. The van der Waals surface area contributed by atoms with Gasteiger partial charge in [0.05, 0.1) is 0 Å². The Kier molecular flexibility index (Phi) is 3.62. The first-order chi connectivity index (χ1) is 7.41. The van der Waals surface area contributed by atoms with Crippen LogP contribution >= 0.6 is 11.6 Å². The maximum absolute atomic E-state index is 10.4. The van der Waals surface area contributed by atoms with E-state index in [9.17, 15) is 20.2 Å². The lowest BCUT2D eigenvalue weighted by atomic mass is 10.1. The summed E-state index contributed by atoms with van der Waals surface area (Å²) in [5.74, 6) is 0. The van der Waals surface area contributed by atoms with Crippen LogP contribution in [0.25, 0.3) is 0 Å². The highest BCUT2D eigenvalue weighted by molar-refractivity contribution is 6.30. The van der Waals surface area contributed by atoms with Crippen molar-refractivity contribution >= 4 is 11.6 Å². The molecule has 0 saturated carbocycles. The molecule has 0 aliphatic heterocycles. The van der Waals surface area contributed by atoms with Gasteiger partial charge in [-0.2, -0.15) is 0 Å². The Hall–Kier alpha value is -1.89. The van der Waals surface area contributed by atoms with Crippen LogP contribution in [0.1, 0.15) is 11.1 Å². The van der Waals surface area contributed by atoms with Gasteiger partial charge in [0.15, 0.2) is 11.7 Å². The van der Waals surface area contributed by atoms with Crippen molar-refractivity contribution in [1.82, 2.24) is 5.12 Å². The van der Waals surface area contributed by atoms with Gasteiger partial charge < -0.3 is 0 Å². The molecule has 16 heavy (non-hydrogen) atoms. The standard InChI is InChI=1S/C8H8ClN3O4/c1-6-4-8(9)3-2-7(6)5-10(11(13)14)12(15)16/h2-4H,5H2,1H3. The van der Waals surface area contributed by atoms with E-state index in [1.165, 1.54) is 12.1 Å². The molecule has 0 unspecified atom stereocenters. The summed E-state index contributed by atoms with van der Waals surface area (Å²) in [6.45, 7) is 1.28. The Labute approximate surface area is 95.5 Å². The molecule has 7 nitrogen and oxygen atoms in total. The molecule has 0 aliphatic carbocycles. The van der Waals surface area contributed by atoms with Crippen LogP contribution < -0.4 is 0 Å². The molecule has 0 N–H and O–H groups in total. The van der Waals surface area contributed by atoms with Crippen molar-refractivity contribution in [2.75, 3.05) is 0 Å². The summed E-state index contributed by atoms with van der Waals surface area (Å²) in [6, 6.07) is 4.65. The normalized spacial score (nSPS) is 9.88. The molecule has 0 amide bonds. The second kappa shape index (κ2) is 4.75. The third-order valence-corrected chi connectivity index (χ3v) is 2.23. The molecule has 0 fully saturated rings. The van der Waals surface area contributed by atoms with Gasteiger partial charge in [0, 0.05) is 5.02 Å². The fraction of sp³-hybridized carbons (Fsp3) is 0.250. The topological polar surface area (TPSA) is 89.5 Å². The van der Waals surface area contributed by atoms with Gasteiger partial charge in [0.2, 0.25) is 10.1 Å². The number of benzene rings is 1. The predicted molar refractivity (Wildman–Crippen MR) is 55.7 cm³/mol. The van der Waals surface area contributed by atoms with Gasteiger partial charge in [-0.3, -0.25) is 0 Å². The van der Waals surface area contributed by atoms with E-state index in [4.69, 9.17) is 11.6 Å². The molecule has 0 spiro atoms. The summed E-state index contributed by atoms with van der Waals surface area (Å²) in [6.07, 6.45) is 0. The average molecular weight is 246 g/mol. The summed E-state index contributed by atoms with van der Waals surface area (Å²) >= 11 is 5.70. The van der Waals surface area contributed by atoms with E-state index < -0.39 is 16.6 Å². The molecule has 0 atom stereocenters. The first kappa shape index (κ1) is 12.2. The summed E-state index contributed by atoms with van der Waals surface area (Å²) < 4.78 is 0. The Bertz CT molecular complexity index is 423. The largest absolute Gasteiger partial charge is 0.230 e. The Morgan fingerprint density at radius 3 is 2.31 bits per heavy atom. The molecule has 0 aromatic heterocycles. The molecule has 0 heterocycles. The summed E-state index contributed by atoms with van der Waals surface area (Å²) in [5.41, 5.74) is 1.15. The molecule has 0 aliphatic rings. The smallest absolute Gasteiger partial charge is 0.223 e. The van der Waals surface area contributed by atoms with Gasteiger partial charge >= 0.3 is 0 Å². The molecular formula is C8H8ClN3O4. The quantitative estimate of drug-likeness (QED) is 0.596. The van der Waals surface area contributed by atoms with Gasteiger partial charge in [-0.25, -0.2) is 20.2 Å². The minimum absolute atomic E-state index is 0.0732. The van der Waals surface area contributed by atoms with Crippen molar-refractivity contribution in [2.45, 2.75) is 13.5 Å². The summed E-state index contributed by atoms with van der Waals surface area (Å²) in [4.78, 5) is 20.8.